The Kier molecular flexibility index (Phi) is 3.00. The van der Waals surface area contributed by atoms with Gasteiger partial charge in [0.05, 0.1) is 0 Å². The number of fused-ring (bicyclic) bond motifs is 3. The van der Waals surface area contributed by atoms with E-state index in [0.29, 0.717) is 0 Å². The van der Waals surface area contributed by atoms with Gasteiger partial charge in [-0.3, -0.25) is 0 Å². The summed E-state index contributed by atoms with van der Waals surface area (Å²) in [5, 5.41) is 2.52. The topological polar surface area (TPSA) is 15.8 Å². The van der Waals surface area contributed by atoms with Gasteiger partial charge in [-0.2, -0.15) is 12.6 Å². The molecule has 0 spiro atoms. The highest BCUT2D eigenvalue weighted by atomic mass is 32.1. The Morgan fingerprint density at radius 3 is 2.72 bits per heavy atom. The Morgan fingerprint density at radius 2 is 1.83 bits per heavy atom. The fraction of sp³-hybridized carbons (Fsp3) is 0.125. The molecular formula is C16H13NS. The van der Waals surface area contributed by atoms with E-state index in [9.17, 15) is 0 Å². The van der Waals surface area contributed by atoms with E-state index in [2.05, 4.69) is 65.9 Å². The van der Waals surface area contributed by atoms with Crippen molar-refractivity contribution in [3.8, 4) is 11.8 Å². The maximum atomic E-state index is 4.15. The molecule has 3 aromatic rings. The van der Waals surface area contributed by atoms with Crippen LogP contribution in [0.4, 0.5) is 0 Å². The zero-order valence-corrected chi connectivity index (χ0v) is 10.8. The van der Waals surface area contributed by atoms with E-state index in [1.165, 1.54) is 16.3 Å². The van der Waals surface area contributed by atoms with Gasteiger partial charge in [0.15, 0.2) is 0 Å². The number of hydrogen-bond donors (Lipinski definition) is 2. The number of para-hydroxylation sites is 1. The van der Waals surface area contributed by atoms with Crippen molar-refractivity contribution in [2.75, 3.05) is 5.75 Å². The molecule has 0 aliphatic rings. The number of aromatic nitrogens is 1. The molecule has 0 saturated carbocycles. The van der Waals surface area contributed by atoms with Crippen LogP contribution in [0.2, 0.25) is 0 Å². The van der Waals surface area contributed by atoms with E-state index in [-0.39, 0.29) is 0 Å². The first kappa shape index (κ1) is 11.3. The predicted molar refractivity (Wildman–Crippen MR) is 81.2 cm³/mol. The van der Waals surface area contributed by atoms with Crippen LogP contribution < -0.4 is 0 Å². The minimum absolute atomic E-state index is 0.807. The summed E-state index contributed by atoms with van der Waals surface area (Å²) in [7, 11) is 0. The molecule has 0 aliphatic heterocycles. The smallest absolute Gasteiger partial charge is 0.0477 e. The molecule has 0 atom stereocenters. The number of H-pyrrole nitrogens is 1. The van der Waals surface area contributed by atoms with Gasteiger partial charge in [0.2, 0.25) is 0 Å². The highest BCUT2D eigenvalue weighted by Gasteiger charge is 2.02. The van der Waals surface area contributed by atoms with Crippen molar-refractivity contribution in [3.63, 3.8) is 0 Å². The highest BCUT2D eigenvalue weighted by molar-refractivity contribution is 7.80. The SMILES string of the molecule is SCCC#Cc1ccc2c(c1)[nH]c1ccccc12. The van der Waals surface area contributed by atoms with Crippen LogP contribution in [0.3, 0.4) is 0 Å². The summed E-state index contributed by atoms with van der Waals surface area (Å²) in [5.74, 6) is 7.08. The van der Waals surface area contributed by atoms with Crippen molar-refractivity contribution in [1.82, 2.24) is 4.98 Å². The van der Waals surface area contributed by atoms with Crippen LogP contribution >= 0.6 is 12.6 Å². The van der Waals surface area contributed by atoms with E-state index >= 15 is 0 Å². The first-order valence-electron chi connectivity index (χ1n) is 5.99. The second-order valence-corrected chi connectivity index (χ2v) is 4.65. The molecule has 1 N–H and O–H groups in total. The Bertz CT molecular complexity index is 759. The molecule has 0 fully saturated rings. The fourth-order valence-electron chi connectivity index (χ4n) is 2.15. The quantitative estimate of drug-likeness (QED) is 0.480. The Labute approximate surface area is 112 Å². The van der Waals surface area contributed by atoms with Gasteiger partial charge in [0.1, 0.15) is 0 Å². The molecule has 1 aromatic heterocycles. The summed E-state index contributed by atoms with van der Waals surface area (Å²) in [6, 6.07) is 14.7. The lowest BCUT2D eigenvalue weighted by molar-refractivity contribution is 1.31. The summed E-state index contributed by atoms with van der Waals surface area (Å²) >= 11 is 4.15. The zero-order valence-electron chi connectivity index (χ0n) is 9.90. The summed E-state index contributed by atoms with van der Waals surface area (Å²) in [5.41, 5.74) is 3.37. The zero-order chi connectivity index (χ0) is 12.4. The highest BCUT2D eigenvalue weighted by Crippen LogP contribution is 2.25. The minimum Gasteiger partial charge on any atom is -0.354 e. The van der Waals surface area contributed by atoms with Crippen LogP contribution in [-0.2, 0) is 0 Å². The maximum Gasteiger partial charge on any atom is 0.0477 e. The van der Waals surface area contributed by atoms with Crippen molar-refractivity contribution in [2.45, 2.75) is 6.42 Å². The van der Waals surface area contributed by atoms with E-state index in [4.69, 9.17) is 0 Å². The third-order valence-corrected chi connectivity index (χ3v) is 3.20. The van der Waals surface area contributed by atoms with Crippen molar-refractivity contribution in [1.29, 1.82) is 0 Å². The molecule has 3 rings (SSSR count). The van der Waals surface area contributed by atoms with E-state index in [1.54, 1.807) is 0 Å². The van der Waals surface area contributed by atoms with Crippen LogP contribution in [0.1, 0.15) is 12.0 Å². The maximum absolute atomic E-state index is 4.15. The summed E-state index contributed by atoms with van der Waals surface area (Å²) < 4.78 is 0. The number of hydrogen-bond acceptors (Lipinski definition) is 1. The van der Waals surface area contributed by atoms with Crippen molar-refractivity contribution >= 4 is 34.4 Å². The van der Waals surface area contributed by atoms with Crippen molar-refractivity contribution in [2.24, 2.45) is 0 Å². The third kappa shape index (κ3) is 1.98. The molecule has 0 bridgehead atoms. The summed E-state index contributed by atoms with van der Waals surface area (Å²) in [6.07, 6.45) is 0.827. The molecule has 0 aliphatic carbocycles. The first-order chi connectivity index (χ1) is 8.88. The standard InChI is InChI=1S/C16H13NS/c18-10-4-3-5-12-8-9-14-13-6-1-2-7-15(13)17-16(14)11-12/h1-2,6-9,11,17-18H,4,10H2. The Balaban J connectivity index is 2.13. The average molecular weight is 251 g/mol. The number of thiol groups is 1. The Morgan fingerprint density at radius 1 is 1.00 bits per heavy atom. The number of aromatic amines is 1. The molecular weight excluding hydrogens is 238 g/mol. The summed E-state index contributed by atoms with van der Waals surface area (Å²) in [6.45, 7) is 0. The van der Waals surface area contributed by atoms with Crippen molar-refractivity contribution in [3.05, 3.63) is 48.0 Å². The fourth-order valence-corrected chi connectivity index (χ4v) is 2.26. The van der Waals surface area contributed by atoms with Gasteiger partial charge in [-0.05, 0) is 18.2 Å². The molecule has 2 aromatic carbocycles. The normalized spacial score (nSPS) is 10.5. The van der Waals surface area contributed by atoms with E-state index in [0.717, 1.165) is 23.3 Å². The lowest BCUT2D eigenvalue weighted by Gasteiger charge is -1.92. The van der Waals surface area contributed by atoms with Gasteiger partial charge in [0, 0.05) is 39.5 Å². The van der Waals surface area contributed by atoms with Gasteiger partial charge in [-0.1, -0.05) is 36.1 Å². The Hall–Kier alpha value is -1.85. The molecule has 18 heavy (non-hydrogen) atoms. The van der Waals surface area contributed by atoms with Gasteiger partial charge in [-0.15, -0.1) is 0 Å². The van der Waals surface area contributed by atoms with Gasteiger partial charge < -0.3 is 4.98 Å². The van der Waals surface area contributed by atoms with E-state index in [1.807, 2.05) is 6.07 Å². The van der Waals surface area contributed by atoms with Crippen molar-refractivity contribution < 1.29 is 0 Å². The van der Waals surface area contributed by atoms with Gasteiger partial charge in [0.25, 0.3) is 0 Å². The third-order valence-electron chi connectivity index (χ3n) is 2.98. The second-order valence-electron chi connectivity index (χ2n) is 4.21. The van der Waals surface area contributed by atoms with Gasteiger partial charge in [-0.25, -0.2) is 0 Å². The predicted octanol–water partition coefficient (Wildman–Crippen LogP) is 3.99. The lowest BCUT2D eigenvalue weighted by Crippen LogP contribution is -1.75. The molecule has 1 nitrogen and oxygen atoms in total. The molecule has 0 radical (unpaired) electrons. The van der Waals surface area contributed by atoms with Gasteiger partial charge >= 0.3 is 0 Å². The number of nitrogens with one attached hydrogen (secondary N) is 1. The lowest BCUT2D eigenvalue weighted by atomic mass is 10.1. The second kappa shape index (κ2) is 4.80. The van der Waals surface area contributed by atoms with Crippen LogP contribution in [0.15, 0.2) is 42.5 Å². The number of rotatable bonds is 1. The van der Waals surface area contributed by atoms with Crippen LogP contribution in [0.25, 0.3) is 21.8 Å². The molecule has 0 unspecified atom stereocenters. The monoisotopic (exact) mass is 251 g/mol. The van der Waals surface area contributed by atoms with Crippen LogP contribution in [0, 0.1) is 11.8 Å². The minimum atomic E-state index is 0.807. The first-order valence-corrected chi connectivity index (χ1v) is 6.62. The molecule has 2 heteroatoms. The molecule has 88 valence electrons. The van der Waals surface area contributed by atoms with Crippen LogP contribution in [0.5, 0.6) is 0 Å². The number of benzene rings is 2. The molecule has 0 saturated heterocycles. The summed E-state index contributed by atoms with van der Waals surface area (Å²) in [4.78, 5) is 3.43. The molecule has 0 amide bonds. The van der Waals surface area contributed by atoms with E-state index < -0.39 is 0 Å². The van der Waals surface area contributed by atoms with Crippen LogP contribution in [-0.4, -0.2) is 10.7 Å². The molecule has 1 heterocycles. The largest absolute Gasteiger partial charge is 0.354 e. The average Bonchev–Trinajstić information content (AvgIpc) is 2.76.